The van der Waals surface area contributed by atoms with Crippen LogP contribution in [0.1, 0.15) is 22.2 Å². The van der Waals surface area contributed by atoms with Gasteiger partial charge in [-0.3, -0.25) is 10.1 Å². The molecular formula is C17H14ClN3OS. The lowest BCUT2D eigenvalue weighted by Gasteiger charge is -2.01. The standard InChI is InChI=1S/C17H14ClN3OS/c1-2-13-15(11-6-4-3-5-7-11)20-17(23-13)21-16(22)12-8-9-14(18)19-10-12/h3-10H,2H2,1H3,(H,20,21,22). The van der Waals surface area contributed by atoms with Crippen LogP contribution in [0.2, 0.25) is 5.15 Å². The van der Waals surface area contributed by atoms with Crippen molar-refractivity contribution in [3.63, 3.8) is 0 Å². The molecule has 6 heteroatoms. The molecule has 0 saturated carbocycles. The fourth-order valence-corrected chi connectivity index (χ4v) is 3.18. The molecule has 1 aromatic carbocycles. The fraction of sp³-hybridized carbons (Fsp3) is 0.118. The molecule has 0 fully saturated rings. The number of aryl methyl sites for hydroxylation is 1. The molecule has 0 aliphatic rings. The van der Waals surface area contributed by atoms with Crippen molar-refractivity contribution in [3.05, 3.63) is 64.3 Å². The number of amides is 1. The zero-order valence-corrected chi connectivity index (χ0v) is 14.0. The van der Waals surface area contributed by atoms with Gasteiger partial charge >= 0.3 is 0 Å². The second kappa shape index (κ2) is 6.89. The Kier molecular flexibility index (Phi) is 4.69. The Bertz CT molecular complexity index is 816. The third-order valence-corrected chi connectivity index (χ3v) is 4.61. The first kappa shape index (κ1) is 15.6. The van der Waals surface area contributed by atoms with E-state index in [1.54, 1.807) is 12.1 Å². The van der Waals surface area contributed by atoms with Gasteiger partial charge in [0.15, 0.2) is 5.13 Å². The molecular weight excluding hydrogens is 330 g/mol. The Balaban J connectivity index is 1.85. The van der Waals surface area contributed by atoms with Crippen molar-refractivity contribution in [3.8, 4) is 11.3 Å². The first-order chi connectivity index (χ1) is 11.2. The molecule has 23 heavy (non-hydrogen) atoms. The molecule has 1 N–H and O–H groups in total. The number of nitrogens with zero attached hydrogens (tertiary/aromatic N) is 2. The molecule has 0 atom stereocenters. The Labute approximate surface area is 143 Å². The Morgan fingerprint density at radius 3 is 2.65 bits per heavy atom. The van der Waals surface area contributed by atoms with E-state index >= 15 is 0 Å². The van der Waals surface area contributed by atoms with E-state index in [9.17, 15) is 4.79 Å². The summed E-state index contributed by atoms with van der Waals surface area (Å²) >= 11 is 7.23. The lowest BCUT2D eigenvalue weighted by molar-refractivity contribution is 0.102. The van der Waals surface area contributed by atoms with Crippen molar-refractivity contribution in [2.75, 3.05) is 5.32 Å². The number of carbonyl (C=O) groups excluding carboxylic acids is 1. The van der Waals surface area contributed by atoms with E-state index < -0.39 is 0 Å². The van der Waals surface area contributed by atoms with Crippen molar-refractivity contribution in [1.82, 2.24) is 9.97 Å². The number of hydrogen-bond acceptors (Lipinski definition) is 4. The lowest BCUT2D eigenvalue weighted by atomic mass is 10.1. The van der Waals surface area contributed by atoms with Crippen LogP contribution in [-0.4, -0.2) is 15.9 Å². The quantitative estimate of drug-likeness (QED) is 0.700. The summed E-state index contributed by atoms with van der Waals surface area (Å²) in [5.74, 6) is -0.245. The summed E-state index contributed by atoms with van der Waals surface area (Å²) in [5, 5.41) is 3.77. The fourth-order valence-electron chi connectivity index (χ4n) is 2.15. The third-order valence-electron chi connectivity index (χ3n) is 3.28. The van der Waals surface area contributed by atoms with E-state index in [0.717, 1.165) is 22.6 Å². The number of pyridine rings is 1. The van der Waals surface area contributed by atoms with E-state index in [1.165, 1.54) is 17.5 Å². The monoisotopic (exact) mass is 343 g/mol. The Morgan fingerprint density at radius 1 is 1.22 bits per heavy atom. The molecule has 0 aliphatic heterocycles. The second-order valence-corrected chi connectivity index (χ2v) is 6.30. The maximum Gasteiger partial charge on any atom is 0.259 e. The molecule has 0 spiro atoms. The van der Waals surface area contributed by atoms with Crippen LogP contribution in [0.3, 0.4) is 0 Å². The molecule has 3 aromatic rings. The maximum absolute atomic E-state index is 12.2. The molecule has 0 bridgehead atoms. The number of thiazole rings is 1. The van der Waals surface area contributed by atoms with Gasteiger partial charge in [-0.1, -0.05) is 48.9 Å². The summed E-state index contributed by atoms with van der Waals surface area (Å²) in [7, 11) is 0. The van der Waals surface area contributed by atoms with Gasteiger partial charge in [-0.25, -0.2) is 9.97 Å². The lowest BCUT2D eigenvalue weighted by Crippen LogP contribution is -2.11. The highest BCUT2D eigenvalue weighted by Crippen LogP contribution is 2.31. The number of rotatable bonds is 4. The molecule has 4 nitrogen and oxygen atoms in total. The number of aromatic nitrogens is 2. The van der Waals surface area contributed by atoms with Crippen molar-refractivity contribution in [2.24, 2.45) is 0 Å². The van der Waals surface area contributed by atoms with Crippen LogP contribution < -0.4 is 5.32 Å². The zero-order valence-electron chi connectivity index (χ0n) is 12.4. The van der Waals surface area contributed by atoms with Crippen molar-refractivity contribution < 1.29 is 4.79 Å². The molecule has 2 heterocycles. The van der Waals surface area contributed by atoms with Gasteiger partial charge in [-0.2, -0.15) is 0 Å². The first-order valence-corrected chi connectivity index (χ1v) is 8.35. The number of anilines is 1. The van der Waals surface area contributed by atoms with E-state index in [0.29, 0.717) is 15.8 Å². The van der Waals surface area contributed by atoms with Gasteiger partial charge in [0.1, 0.15) is 5.15 Å². The van der Waals surface area contributed by atoms with Crippen LogP contribution in [0, 0.1) is 0 Å². The van der Waals surface area contributed by atoms with Crippen LogP contribution >= 0.6 is 22.9 Å². The van der Waals surface area contributed by atoms with Crippen molar-refractivity contribution in [1.29, 1.82) is 0 Å². The average molecular weight is 344 g/mol. The van der Waals surface area contributed by atoms with Crippen LogP contribution in [-0.2, 0) is 6.42 Å². The van der Waals surface area contributed by atoms with E-state index in [4.69, 9.17) is 11.6 Å². The van der Waals surface area contributed by atoms with Gasteiger partial charge in [0.05, 0.1) is 11.3 Å². The van der Waals surface area contributed by atoms with Gasteiger partial charge < -0.3 is 0 Å². The minimum Gasteiger partial charge on any atom is -0.298 e. The van der Waals surface area contributed by atoms with Gasteiger partial charge in [-0.05, 0) is 18.6 Å². The number of benzene rings is 1. The molecule has 3 rings (SSSR count). The van der Waals surface area contributed by atoms with Crippen molar-refractivity contribution in [2.45, 2.75) is 13.3 Å². The summed E-state index contributed by atoms with van der Waals surface area (Å²) in [6.45, 7) is 2.08. The third kappa shape index (κ3) is 3.57. The smallest absolute Gasteiger partial charge is 0.259 e. The van der Waals surface area contributed by atoms with E-state index in [1.807, 2.05) is 30.3 Å². The van der Waals surface area contributed by atoms with Crippen LogP contribution in [0.25, 0.3) is 11.3 Å². The topological polar surface area (TPSA) is 54.9 Å². The number of nitrogens with one attached hydrogen (secondary N) is 1. The van der Waals surface area contributed by atoms with Gasteiger partial charge in [0, 0.05) is 16.6 Å². The highest BCUT2D eigenvalue weighted by atomic mass is 35.5. The molecule has 1 amide bonds. The highest BCUT2D eigenvalue weighted by Gasteiger charge is 2.14. The molecule has 0 saturated heterocycles. The summed E-state index contributed by atoms with van der Waals surface area (Å²) in [4.78, 5) is 21.9. The van der Waals surface area contributed by atoms with Crippen LogP contribution in [0.4, 0.5) is 5.13 Å². The highest BCUT2D eigenvalue weighted by molar-refractivity contribution is 7.16. The molecule has 0 radical (unpaired) electrons. The van der Waals surface area contributed by atoms with E-state index in [-0.39, 0.29) is 5.91 Å². The first-order valence-electron chi connectivity index (χ1n) is 7.15. The minimum absolute atomic E-state index is 0.245. The van der Waals surface area contributed by atoms with Gasteiger partial charge in [0.2, 0.25) is 0 Å². The SMILES string of the molecule is CCc1sc(NC(=O)c2ccc(Cl)nc2)nc1-c1ccccc1. The predicted molar refractivity (Wildman–Crippen MR) is 94.1 cm³/mol. The van der Waals surface area contributed by atoms with E-state index in [2.05, 4.69) is 22.2 Å². The normalized spacial score (nSPS) is 10.5. The largest absolute Gasteiger partial charge is 0.298 e. The number of hydrogen-bond donors (Lipinski definition) is 1. The second-order valence-electron chi connectivity index (χ2n) is 4.83. The molecule has 2 aromatic heterocycles. The zero-order chi connectivity index (χ0) is 16.2. The number of halogens is 1. The number of carbonyl (C=O) groups is 1. The van der Waals surface area contributed by atoms with Crippen LogP contribution in [0.5, 0.6) is 0 Å². The van der Waals surface area contributed by atoms with Crippen LogP contribution in [0.15, 0.2) is 48.7 Å². The van der Waals surface area contributed by atoms with Gasteiger partial charge in [-0.15, -0.1) is 11.3 Å². The average Bonchev–Trinajstić information content (AvgIpc) is 2.99. The molecule has 0 unspecified atom stereocenters. The van der Waals surface area contributed by atoms with Gasteiger partial charge in [0.25, 0.3) is 5.91 Å². The minimum atomic E-state index is -0.245. The summed E-state index contributed by atoms with van der Waals surface area (Å²) in [6.07, 6.45) is 2.31. The summed E-state index contributed by atoms with van der Waals surface area (Å²) < 4.78 is 0. The van der Waals surface area contributed by atoms with Crippen molar-refractivity contribution >= 4 is 34.0 Å². The summed E-state index contributed by atoms with van der Waals surface area (Å²) in [5.41, 5.74) is 2.42. The summed E-state index contributed by atoms with van der Waals surface area (Å²) in [6, 6.07) is 13.2. The maximum atomic E-state index is 12.2. The Morgan fingerprint density at radius 2 is 2.00 bits per heavy atom. The Hall–Kier alpha value is -2.24. The molecule has 0 aliphatic carbocycles. The predicted octanol–water partition coefficient (Wildman–Crippen LogP) is 4.67. The molecule has 116 valence electrons.